The van der Waals surface area contributed by atoms with E-state index in [2.05, 4.69) is 10.3 Å². The van der Waals surface area contributed by atoms with Crippen molar-refractivity contribution in [3.63, 3.8) is 0 Å². The van der Waals surface area contributed by atoms with Crippen LogP contribution in [0.4, 0.5) is 18.9 Å². The summed E-state index contributed by atoms with van der Waals surface area (Å²) in [6.07, 6.45) is -3.68. The topological polar surface area (TPSA) is 55.1 Å². The predicted molar refractivity (Wildman–Crippen MR) is 87.1 cm³/mol. The quantitative estimate of drug-likeness (QED) is 0.742. The Hall–Kier alpha value is -2.83. The Morgan fingerprint density at radius 1 is 1.16 bits per heavy atom. The van der Waals surface area contributed by atoms with Crippen molar-refractivity contribution in [2.45, 2.75) is 25.9 Å². The van der Waals surface area contributed by atoms with Gasteiger partial charge in [-0.1, -0.05) is 6.07 Å². The molecule has 3 rings (SSSR count). The number of anilines is 1. The third-order valence-corrected chi connectivity index (χ3v) is 3.70. The van der Waals surface area contributed by atoms with Gasteiger partial charge < -0.3 is 9.73 Å². The summed E-state index contributed by atoms with van der Waals surface area (Å²) >= 11 is 0. The first-order valence-electron chi connectivity index (χ1n) is 7.64. The number of hydrogen-bond acceptors (Lipinski definition) is 3. The molecular formula is C18H15F3N2O2. The number of nitrogens with one attached hydrogen (secondary N) is 1. The van der Waals surface area contributed by atoms with Gasteiger partial charge in [0.25, 0.3) is 0 Å². The van der Waals surface area contributed by atoms with Gasteiger partial charge in [-0.3, -0.25) is 4.79 Å². The molecule has 1 N–H and O–H groups in total. The number of benzene rings is 2. The number of fused-ring (bicyclic) bond motifs is 1. The van der Waals surface area contributed by atoms with Gasteiger partial charge in [-0.05, 0) is 48.4 Å². The lowest BCUT2D eigenvalue weighted by atomic mass is 10.1. The Kier molecular flexibility index (Phi) is 4.48. The lowest BCUT2D eigenvalue weighted by Gasteiger charge is -2.09. The number of carbonyl (C=O) groups excluding carboxylic acids is 1. The number of halogens is 3. The summed E-state index contributed by atoms with van der Waals surface area (Å²) in [5, 5.41) is 2.59. The highest BCUT2D eigenvalue weighted by atomic mass is 19.4. The van der Waals surface area contributed by atoms with Gasteiger partial charge in [-0.2, -0.15) is 13.2 Å². The van der Waals surface area contributed by atoms with Crippen LogP contribution in [0.25, 0.3) is 11.1 Å². The molecule has 1 heterocycles. The fourth-order valence-electron chi connectivity index (χ4n) is 2.47. The molecule has 130 valence electrons. The molecule has 4 nitrogen and oxygen atoms in total. The van der Waals surface area contributed by atoms with E-state index in [1.165, 1.54) is 12.1 Å². The normalized spacial score (nSPS) is 11.7. The lowest BCUT2D eigenvalue weighted by Crippen LogP contribution is -2.12. The van der Waals surface area contributed by atoms with Crippen molar-refractivity contribution >= 4 is 22.7 Å². The van der Waals surface area contributed by atoms with Gasteiger partial charge in [0.15, 0.2) is 11.5 Å². The van der Waals surface area contributed by atoms with Gasteiger partial charge in [0, 0.05) is 19.0 Å². The molecule has 0 spiro atoms. The minimum atomic E-state index is -4.39. The molecule has 0 aliphatic rings. The van der Waals surface area contributed by atoms with Crippen molar-refractivity contribution in [2.75, 3.05) is 5.32 Å². The van der Waals surface area contributed by atoms with Crippen molar-refractivity contribution < 1.29 is 22.4 Å². The molecule has 2 aromatic carbocycles. The summed E-state index contributed by atoms with van der Waals surface area (Å²) in [4.78, 5) is 16.2. The van der Waals surface area contributed by atoms with Gasteiger partial charge in [-0.25, -0.2) is 4.98 Å². The first-order valence-corrected chi connectivity index (χ1v) is 7.64. The van der Waals surface area contributed by atoms with Crippen LogP contribution in [-0.2, 0) is 17.4 Å². The van der Waals surface area contributed by atoms with Crippen molar-refractivity contribution in [3.05, 3.63) is 59.5 Å². The van der Waals surface area contributed by atoms with Gasteiger partial charge >= 0.3 is 6.18 Å². The van der Waals surface area contributed by atoms with Gasteiger partial charge in [0.1, 0.15) is 5.52 Å². The van der Waals surface area contributed by atoms with Crippen molar-refractivity contribution in [3.8, 4) is 0 Å². The molecule has 0 radical (unpaired) electrons. The van der Waals surface area contributed by atoms with Crippen LogP contribution < -0.4 is 5.32 Å². The largest absolute Gasteiger partial charge is 0.441 e. The summed E-state index contributed by atoms with van der Waals surface area (Å²) in [5.41, 5.74) is 1.94. The van der Waals surface area contributed by atoms with Gasteiger partial charge in [0.2, 0.25) is 5.91 Å². The minimum Gasteiger partial charge on any atom is -0.441 e. The lowest BCUT2D eigenvalue weighted by molar-refractivity contribution is -0.137. The number of nitrogens with zero attached hydrogens (tertiary/aromatic N) is 1. The highest BCUT2D eigenvalue weighted by Gasteiger charge is 2.29. The molecule has 0 fully saturated rings. The number of alkyl halides is 3. The van der Waals surface area contributed by atoms with Crippen molar-refractivity contribution in [1.29, 1.82) is 0 Å². The SMILES string of the molecule is Cc1nc2cc(CCC(=O)Nc3ccc(C(F)(F)F)cc3)ccc2o1. The zero-order valence-electron chi connectivity index (χ0n) is 13.4. The van der Waals surface area contributed by atoms with Crippen LogP contribution in [0, 0.1) is 6.92 Å². The average molecular weight is 348 g/mol. The highest BCUT2D eigenvalue weighted by Crippen LogP contribution is 2.29. The molecule has 25 heavy (non-hydrogen) atoms. The highest BCUT2D eigenvalue weighted by molar-refractivity contribution is 5.90. The molecule has 3 aromatic rings. The zero-order chi connectivity index (χ0) is 18.0. The Morgan fingerprint density at radius 3 is 2.56 bits per heavy atom. The Bertz CT molecular complexity index is 899. The summed E-state index contributed by atoms with van der Waals surface area (Å²) in [6.45, 7) is 1.76. The first kappa shape index (κ1) is 17.0. The van der Waals surface area contributed by atoms with E-state index in [0.29, 0.717) is 23.6 Å². The molecule has 0 saturated carbocycles. The van der Waals surface area contributed by atoms with Crippen LogP contribution in [-0.4, -0.2) is 10.9 Å². The maximum absolute atomic E-state index is 12.5. The minimum absolute atomic E-state index is 0.212. The number of amides is 1. The van der Waals surface area contributed by atoms with E-state index in [9.17, 15) is 18.0 Å². The van der Waals surface area contributed by atoms with E-state index in [1.807, 2.05) is 12.1 Å². The Balaban J connectivity index is 1.58. The molecule has 1 aromatic heterocycles. The number of aromatic nitrogens is 1. The van der Waals surface area contributed by atoms with Crippen molar-refractivity contribution in [1.82, 2.24) is 4.98 Å². The molecule has 0 aliphatic heterocycles. The van der Waals surface area contributed by atoms with E-state index in [4.69, 9.17) is 4.42 Å². The second-order valence-corrected chi connectivity index (χ2v) is 5.66. The zero-order valence-corrected chi connectivity index (χ0v) is 13.4. The summed E-state index contributed by atoms with van der Waals surface area (Å²) in [7, 11) is 0. The fraction of sp³-hybridized carbons (Fsp3) is 0.222. The number of aryl methyl sites for hydroxylation is 2. The Labute approximate surface area is 141 Å². The standard InChI is InChI=1S/C18H15F3N2O2/c1-11-22-15-10-12(2-8-16(15)25-11)3-9-17(24)23-14-6-4-13(5-7-14)18(19,20)21/h2,4-8,10H,3,9H2,1H3,(H,23,24). The number of carbonyl (C=O) groups is 1. The van der Waals surface area contributed by atoms with E-state index in [0.717, 1.165) is 23.2 Å². The fourth-order valence-corrected chi connectivity index (χ4v) is 2.47. The maximum atomic E-state index is 12.5. The summed E-state index contributed by atoms with van der Waals surface area (Å²) in [6, 6.07) is 9.89. The molecule has 0 saturated heterocycles. The molecule has 0 atom stereocenters. The number of rotatable bonds is 4. The molecular weight excluding hydrogens is 333 g/mol. The molecule has 0 aliphatic carbocycles. The molecule has 7 heteroatoms. The predicted octanol–water partition coefficient (Wildman–Crippen LogP) is 4.73. The third-order valence-electron chi connectivity index (χ3n) is 3.70. The second kappa shape index (κ2) is 6.58. The third kappa shape index (κ3) is 4.17. The Morgan fingerprint density at radius 2 is 1.88 bits per heavy atom. The smallest absolute Gasteiger partial charge is 0.416 e. The molecule has 1 amide bonds. The second-order valence-electron chi connectivity index (χ2n) is 5.66. The van der Waals surface area contributed by atoms with E-state index in [-0.39, 0.29) is 12.3 Å². The van der Waals surface area contributed by atoms with Crippen LogP contribution in [0.2, 0.25) is 0 Å². The van der Waals surface area contributed by atoms with Crippen LogP contribution in [0.3, 0.4) is 0 Å². The summed E-state index contributed by atoms with van der Waals surface area (Å²) in [5.74, 6) is 0.309. The molecule has 0 bridgehead atoms. The van der Waals surface area contributed by atoms with E-state index >= 15 is 0 Å². The first-order chi connectivity index (χ1) is 11.8. The monoisotopic (exact) mass is 348 g/mol. The van der Waals surface area contributed by atoms with Gasteiger partial charge in [-0.15, -0.1) is 0 Å². The van der Waals surface area contributed by atoms with E-state index < -0.39 is 11.7 Å². The van der Waals surface area contributed by atoms with Crippen LogP contribution in [0.5, 0.6) is 0 Å². The van der Waals surface area contributed by atoms with E-state index in [1.54, 1.807) is 13.0 Å². The molecule has 0 unspecified atom stereocenters. The average Bonchev–Trinajstić information content (AvgIpc) is 2.92. The maximum Gasteiger partial charge on any atom is 0.416 e. The van der Waals surface area contributed by atoms with Crippen molar-refractivity contribution in [2.24, 2.45) is 0 Å². The summed E-state index contributed by atoms with van der Waals surface area (Å²) < 4.78 is 42.9. The van der Waals surface area contributed by atoms with Crippen LogP contribution in [0.15, 0.2) is 46.9 Å². The van der Waals surface area contributed by atoms with Crippen LogP contribution in [0.1, 0.15) is 23.4 Å². The van der Waals surface area contributed by atoms with Gasteiger partial charge in [0.05, 0.1) is 5.56 Å². The number of hydrogen-bond donors (Lipinski definition) is 1. The number of oxazole rings is 1. The van der Waals surface area contributed by atoms with Crippen LogP contribution >= 0.6 is 0 Å².